The molecule has 138 valence electrons. The molecule has 3 N–H and O–H groups in total. The van der Waals surface area contributed by atoms with Gasteiger partial charge in [0.05, 0.1) is 17.1 Å². The Hall–Kier alpha value is -2.37. The van der Waals surface area contributed by atoms with Gasteiger partial charge in [0.2, 0.25) is 5.91 Å². The smallest absolute Gasteiger partial charge is 0.237 e. The molecule has 2 aromatic carbocycles. The second-order valence-corrected chi connectivity index (χ2v) is 6.40. The predicted molar refractivity (Wildman–Crippen MR) is 108 cm³/mol. The Morgan fingerprint density at radius 3 is 2.58 bits per heavy atom. The number of imidazole rings is 1. The highest BCUT2D eigenvalue weighted by Crippen LogP contribution is 2.18. The molecule has 2 atom stereocenters. The standard InChI is InChI=1S/C20H24N4O.ClH/c1-3-14(2)19(21)20(25)22-12-15-8-10-16(11-9-15)24-13-23-17-6-4-5-7-18(17)24;/h4-11,13-14,19H,3,12,21H2,1-2H3,(H,22,25);1H. The molecule has 0 aliphatic carbocycles. The molecule has 6 heteroatoms. The van der Waals surface area contributed by atoms with Crippen LogP contribution in [0.2, 0.25) is 0 Å². The molecule has 1 amide bonds. The van der Waals surface area contributed by atoms with Crippen LogP contribution in [0.4, 0.5) is 0 Å². The molecule has 0 spiro atoms. The quantitative estimate of drug-likeness (QED) is 0.696. The van der Waals surface area contributed by atoms with Gasteiger partial charge in [-0.25, -0.2) is 4.98 Å². The van der Waals surface area contributed by atoms with E-state index in [-0.39, 0.29) is 24.2 Å². The summed E-state index contributed by atoms with van der Waals surface area (Å²) in [7, 11) is 0. The molecule has 5 nitrogen and oxygen atoms in total. The minimum atomic E-state index is -0.457. The van der Waals surface area contributed by atoms with Crippen LogP contribution in [0.15, 0.2) is 54.9 Å². The maximum atomic E-state index is 12.1. The summed E-state index contributed by atoms with van der Waals surface area (Å²) in [5.41, 5.74) is 10.1. The number of amides is 1. The SMILES string of the molecule is CCC(C)C(N)C(=O)NCc1ccc(-n2cnc3ccccc32)cc1.Cl. The van der Waals surface area contributed by atoms with Gasteiger partial charge in [0.25, 0.3) is 0 Å². The van der Waals surface area contributed by atoms with E-state index in [0.29, 0.717) is 6.54 Å². The van der Waals surface area contributed by atoms with Crippen LogP contribution in [0.5, 0.6) is 0 Å². The van der Waals surface area contributed by atoms with Gasteiger partial charge in [-0.15, -0.1) is 12.4 Å². The zero-order valence-electron chi connectivity index (χ0n) is 15.1. The lowest BCUT2D eigenvalue weighted by atomic mass is 9.99. The summed E-state index contributed by atoms with van der Waals surface area (Å²) >= 11 is 0. The van der Waals surface area contributed by atoms with Gasteiger partial charge in [-0.05, 0) is 35.7 Å². The number of nitrogens with one attached hydrogen (secondary N) is 1. The molecule has 0 radical (unpaired) electrons. The number of nitrogens with two attached hydrogens (primary N) is 1. The molecule has 3 rings (SSSR count). The first kappa shape index (κ1) is 19.9. The number of fused-ring (bicyclic) bond motifs is 1. The molecule has 0 bridgehead atoms. The highest BCUT2D eigenvalue weighted by Gasteiger charge is 2.18. The lowest BCUT2D eigenvalue weighted by Crippen LogP contribution is -2.44. The summed E-state index contributed by atoms with van der Waals surface area (Å²) in [6.07, 6.45) is 2.72. The average molecular weight is 373 g/mol. The van der Waals surface area contributed by atoms with Gasteiger partial charge >= 0.3 is 0 Å². The minimum Gasteiger partial charge on any atom is -0.351 e. The van der Waals surface area contributed by atoms with Crippen molar-refractivity contribution < 1.29 is 4.79 Å². The van der Waals surface area contributed by atoms with Crippen LogP contribution >= 0.6 is 12.4 Å². The van der Waals surface area contributed by atoms with Crippen molar-refractivity contribution >= 4 is 29.3 Å². The van der Waals surface area contributed by atoms with E-state index in [1.165, 1.54) is 0 Å². The number of halogens is 1. The van der Waals surface area contributed by atoms with E-state index in [1.54, 1.807) is 0 Å². The third-order valence-corrected chi connectivity index (χ3v) is 4.69. The number of aromatic nitrogens is 2. The molecule has 1 aromatic heterocycles. The average Bonchev–Trinajstić information content (AvgIpc) is 3.09. The summed E-state index contributed by atoms with van der Waals surface area (Å²) in [4.78, 5) is 16.5. The minimum absolute atomic E-state index is 0. The molecule has 0 aliphatic heterocycles. The number of carbonyl (C=O) groups is 1. The van der Waals surface area contributed by atoms with E-state index < -0.39 is 6.04 Å². The van der Waals surface area contributed by atoms with E-state index in [9.17, 15) is 4.79 Å². The number of rotatable bonds is 6. The molecule has 3 aromatic rings. The van der Waals surface area contributed by atoms with E-state index in [4.69, 9.17) is 5.73 Å². The summed E-state index contributed by atoms with van der Waals surface area (Å²) in [5.74, 6) is 0.0796. The fraction of sp³-hybridized carbons (Fsp3) is 0.300. The van der Waals surface area contributed by atoms with E-state index >= 15 is 0 Å². The van der Waals surface area contributed by atoms with Gasteiger partial charge in [-0.3, -0.25) is 9.36 Å². The fourth-order valence-corrected chi connectivity index (χ4v) is 2.76. The lowest BCUT2D eigenvalue weighted by molar-refractivity contribution is -0.123. The Morgan fingerprint density at radius 1 is 1.19 bits per heavy atom. The van der Waals surface area contributed by atoms with Crippen molar-refractivity contribution in [1.29, 1.82) is 0 Å². The van der Waals surface area contributed by atoms with Crippen molar-refractivity contribution in [2.24, 2.45) is 11.7 Å². The maximum Gasteiger partial charge on any atom is 0.237 e. The van der Waals surface area contributed by atoms with Gasteiger partial charge in [-0.1, -0.05) is 44.5 Å². The first-order valence-corrected chi connectivity index (χ1v) is 8.65. The van der Waals surface area contributed by atoms with Crippen LogP contribution < -0.4 is 11.1 Å². The Kier molecular flexibility index (Phi) is 6.77. The van der Waals surface area contributed by atoms with Gasteiger partial charge in [0.1, 0.15) is 6.33 Å². The predicted octanol–water partition coefficient (Wildman–Crippen LogP) is 3.44. The molecular formula is C20H25ClN4O. The van der Waals surface area contributed by atoms with E-state index in [0.717, 1.165) is 28.7 Å². The van der Waals surface area contributed by atoms with Gasteiger partial charge in [0, 0.05) is 12.2 Å². The number of benzene rings is 2. The summed E-state index contributed by atoms with van der Waals surface area (Å²) in [6, 6.07) is 15.7. The van der Waals surface area contributed by atoms with Crippen LogP contribution in [0.3, 0.4) is 0 Å². The largest absolute Gasteiger partial charge is 0.351 e. The molecule has 0 fully saturated rings. The second kappa shape index (κ2) is 8.83. The van der Waals surface area contributed by atoms with Crippen molar-refractivity contribution in [2.45, 2.75) is 32.9 Å². The Bertz CT molecular complexity index is 860. The Balaban J connectivity index is 0.00000243. The van der Waals surface area contributed by atoms with Crippen molar-refractivity contribution in [3.63, 3.8) is 0 Å². The van der Waals surface area contributed by atoms with Gasteiger partial charge in [0.15, 0.2) is 0 Å². The van der Waals surface area contributed by atoms with Crippen LogP contribution in [0.25, 0.3) is 16.7 Å². The van der Waals surface area contributed by atoms with E-state index in [1.807, 2.05) is 68.7 Å². The summed E-state index contributed by atoms with van der Waals surface area (Å²) < 4.78 is 2.05. The third-order valence-electron chi connectivity index (χ3n) is 4.69. The summed E-state index contributed by atoms with van der Waals surface area (Å²) in [5, 5.41) is 2.91. The van der Waals surface area contributed by atoms with Crippen molar-refractivity contribution in [2.75, 3.05) is 0 Å². The Morgan fingerprint density at radius 2 is 1.88 bits per heavy atom. The maximum absolute atomic E-state index is 12.1. The monoisotopic (exact) mass is 372 g/mol. The third kappa shape index (κ3) is 4.23. The number of hydrogen-bond acceptors (Lipinski definition) is 3. The van der Waals surface area contributed by atoms with Crippen LogP contribution in [0, 0.1) is 5.92 Å². The normalized spacial score (nSPS) is 13.0. The summed E-state index contributed by atoms with van der Waals surface area (Å²) in [6.45, 7) is 4.51. The number of para-hydroxylation sites is 2. The first-order valence-electron chi connectivity index (χ1n) is 8.65. The van der Waals surface area contributed by atoms with E-state index in [2.05, 4.69) is 14.9 Å². The Labute approximate surface area is 160 Å². The molecule has 1 heterocycles. The van der Waals surface area contributed by atoms with Crippen molar-refractivity contribution in [1.82, 2.24) is 14.9 Å². The van der Waals surface area contributed by atoms with Crippen LogP contribution in [-0.4, -0.2) is 21.5 Å². The van der Waals surface area contributed by atoms with Gasteiger partial charge < -0.3 is 11.1 Å². The topological polar surface area (TPSA) is 72.9 Å². The highest BCUT2D eigenvalue weighted by atomic mass is 35.5. The zero-order valence-corrected chi connectivity index (χ0v) is 15.9. The second-order valence-electron chi connectivity index (χ2n) is 6.40. The molecule has 0 saturated heterocycles. The van der Waals surface area contributed by atoms with Crippen molar-refractivity contribution in [3.05, 3.63) is 60.4 Å². The number of nitrogens with zero attached hydrogens (tertiary/aromatic N) is 2. The molecule has 2 unspecified atom stereocenters. The molecular weight excluding hydrogens is 348 g/mol. The number of carbonyl (C=O) groups excluding carboxylic acids is 1. The van der Waals surface area contributed by atoms with Crippen LogP contribution in [-0.2, 0) is 11.3 Å². The van der Waals surface area contributed by atoms with Gasteiger partial charge in [-0.2, -0.15) is 0 Å². The number of hydrogen-bond donors (Lipinski definition) is 2. The van der Waals surface area contributed by atoms with Crippen molar-refractivity contribution in [3.8, 4) is 5.69 Å². The zero-order chi connectivity index (χ0) is 17.8. The fourth-order valence-electron chi connectivity index (χ4n) is 2.76. The van der Waals surface area contributed by atoms with Crippen LogP contribution in [0.1, 0.15) is 25.8 Å². The highest BCUT2D eigenvalue weighted by molar-refractivity contribution is 5.85. The molecule has 26 heavy (non-hydrogen) atoms. The lowest BCUT2D eigenvalue weighted by Gasteiger charge is -2.17. The first-order chi connectivity index (χ1) is 12.1. The molecule has 0 saturated carbocycles. The molecule has 0 aliphatic rings.